The summed E-state index contributed by atoms with van der Waals surface area (Å²) in [5.41, 5.74) is 0.543. The maximum Gasteiger partial charge on any atom is 0.0186 e. The fourth-order valence-electron chi connectivity index (χ4n) is 2.98. The first kappa shape index (κ1) is 14.6. The molecular weight excluding hydrogens is 240 g/mol. The van der Waals surface area contributed by atoms with Crippen molar-refractivity contribution in [2.45, 2.75) is 32.2 Å². The summed E-state index contributed by atoms with van der Waals surface area (Å²) in [6.45, 7) is 7.53. The van der Waals surface area contributed by atoms with Crippen LogP contribution in [0.1, 0.15) is 26.2 Å². The molecule has 2 fully saturated rings. The van der Waals surface area contributed by atoms with E-state index < -0.39 is 0 Å². The summed E-state index contributed by atoms with van der Waals surface area (Å²) in [6.07, 6.45) is 6.42. The van der Waals surface area contributed by atoms with Crippen molar-refractivity contribution in [3.8, 4) is 0 Å². The standard InChI is InChI=1S/C12H24N2S.ClH/c1-12(5-6-13-9-12)10-14-7-3-4-11(14)8-15-2;/h11,13H,3-10H2,1-2H3;1H. The van der Waals surface area contributed by atoms with E-state index in [4.69, 9.17) is 0 Å². The van der Waals surface area contributed by atoms with E-state index in [1.165, 1.54) is 51.2 Å². The quantitative estimate of drug-likeness (QED) is 0.839. The zero-order valence-electron chi connectivity index (χ0n) is 10.5. The van der Waals surface area contributed by atoms with Crippen LogP contribution >= 0.6 is 24.2 Å². The molecule has 2 unspecified atom stereocenters. The fraction of sp³-hybridized carbons (Fsp3) is 1.00. The number of hydrogen-bond donors (Lipinski definition) is 1. The van der Waals surface area contributed by atoms with E-state index in [1.807, 2.05) is 11.8 Å². The Morgan fingerprint density at radius 1 is 1.50 bits per heavy atom. The molecule has 0 aliphatic carbocycles. The summed E-state index contributed by atoms with van der Waals surface area (Å²) >= 11 is 2.00. The summed E-state index contributed by atoms with van der Waals surface area (Å²) in [5, 5.41) is 3.50. The highest BCUT2D eigenvalue weighted by Crippen LogP contribution is 2.30. The Morgan fingerprint density at radius 2 is 2.31 bits per heavy atom. The van der Waals surface area contributed by atoms with E-state index in [9.17, 15) is 0 Å². The number of thioether (sulfide) groups is 1. The van der Waals surface area contributed by atoms with Gasteiger partial charge in [-0.25, -0.2) is 0 Å². The molecule has 0 spiro atoms. The van der Waals surface area contributed by atoms with Crippen LogP contribution in [0.3, 0.4) is 0 Å². The SMILES string of the molecule is CSCC1CCCN1CC1(C)CCNC1.Cl. The highest BCUT2D eigenvalue weighted by molar-refractivity contribution is 7.98. The van der Waals surface area contributed by atoms with Crippen LogP contribution in [0.15, 0.2) is 0 Å². The van der Waals surface area contributed by atoms with Crippen molar-refractivity contribution >= 4 is 24.2 Å². The lowest BCUT2D eigenvalue weighted by atomic mass is 9.89. The normalized spacial score (nSPS) is 35.2. The van der Waals surface area contributed by atoms with Gasteiger partial charge in [-0.3, -0.25) is 4.90 Å². The van der Waals surface area contributed by atoms with Gasteiger partial charge < -0.3 is 5.32 Å². The van der Waals surface area contributed by atoms with Crippen LogP contribution in [-0.4, -0.2) is 49.1 Å². The van der Waals surface area contributed by atoms with E-state index in [1.54, 1.807) is 0 Å². The third-order valence-electron chi connectivity index (χ3n) is 3.90. The topological polar surface area (TPSA) is 15.3 Å². The van der Waals surface area contributed by atoms with Crippen LogP contribution in [0, 0.1) is 5.41 Å². The molecule has 2 saturated heterocycles. The molecule has 1 N–H and O–H groups in total. The van der Waals surface area contributed by atoms with Crippen molar-refractivity contribution in [1.29, 1.82) is 0 Å². The van der Waals surface area contributed by atoms with E-state index in [0.717, 1.165) is 6.04 Å². The Bertz CT molecular complexity index is 207. The smallest absolute Gasteiger partial charge is 0.0186 e. The Labute approximate surface area is 110 Å². The largest absolute Gasteiger partial charge is 0.316 e. The molecule has 0 saturated carbocycles. The second-order valence-corrected chi connectivity index (χ2v) is 6.37. The molecule has 2 heterocycles. The summed E-state index contributed by atoms with van der Waals surface area (Å²) < 4.78 is 0. The van der Waals surface area contributed by atoms with Crippen molar-refractivity contribution in [3.05, 3.63) is 0 Å². The Kier molecular flexibility index (Phi) is 5.92. The van der Waals surface area contributed by atoms with Gasteiger partial charge >= 0.3 is 0 Å². The Hall–Kier alpha value is 0.560. The average Bonchev–Trinajstić information content (AvgIpc) is 2.78. The molecule has 2 aliphatic heterocycles. The molecule has 2 rings (SSSR count). The highest BCUT2D eigenvalue weighted by Gasteiger charge is 2.34. The van der Waals surface area contributed by atoms with Gasteiger partial charge in [0, 0.05) is 24.9 Å². The highest BCUT2D eigenvalue weighted by atomic mass is 35.5. The van der Waals surface area contributed by atoms with Crippen molar-refractivity contribution in [3.63, 3.8) is 0 Å². The average molecular weight is 265 g/mol. The predicted octanol–water partition coefficient (Wildman–Crippen LogP) is 2.24. The summed E-state index contributed by atoms with van der Waals surface area (Å²) in [7, 11) is 0. The van der Waals surface area contributed by atoms with Crippen LogP contribution in [0.2, 0.25) is 0 Å². The molecule has 4 heteroatoms. The number of hydrogen-bond acceptors (Lipinski definition) is 3. The molecule has 2 aliphatic rings. The number of rotatable bonds is 4. The predicted molar refractivity (Wildman–Crippen MR) is 75.8 cm³/mol. The van der Waals surface area contributed by atoms with Crippen LogP contribution < -0.4 is 5.32 Å². The van der Waals surface area contributed by atoms with E-state index >= 15 is 0 Å². The van der Waals surface area contributed by atoms with E-state index in [-0.39, 0.29) is 12.4 Å². The van der Waals surface area contributed by atoms with Crippen molar-refractivity contribution in [2.24, 2.45) is 5.41 Å². The molecule has 0 amide bonds. The molecule has 2 nitrogen and oxygen atoms in total. The number of likely N-dealkylation sites (tertiary alicyclic amines) is 1. The maximum absolute atomic E-state index is 3.50. The second kappa shape index (κ2) is 6.48. The molecule has 0 aromatic carbocycles. The van der Waals surface area contributed by atoms with Crippen LogP contribution in [0.5, 0.6) is 0 Å². The summed E-state index contributed by atoms with van der Waals surface area (Å²) in [6, 6.07) is 0.859. The van der Waals surface area contributed by atoms with Crippen LogP contribution in [0.25, 0.3) is 0 Å². The van der Waals surface area contributed by atoms with E-state index in [0.29, 0.717) is 5.41 Å². The fourth-order valence-corrected chi connectivity index (χ4v) is 3.74. The van der Waals surface area contributed by atoms with E-state index in [2.05, 4.69) is 23.4 Å². The monoisotopic (exact) mass is 264 g/mol. The minimum atomic E-state index is 0. The van der Waals surface area contributed by atoms with Gasteiger partial charge in [0.25, 0.3) is 0 Å². The van der Waals surface area contributed by atoms with Gasteiger partial charge in [0.05, 0.1) is 0 Å². The van der Waals surface area contributed by atoms with Gasteiger partial charge in [0.15, 0.2) is 0 Å². The molecule has 0 bridgehead atoms. The Morgan fingerprint density at radius 3 is 2.94 bits per heavy atom. The van der Waals surface area contributed by atoms with Gasteiger partial charge in [-0.1, -0.05) is 6.92 Å². The Balaban J connectivity index is 0.00000128. The van der Waals surface area contributed by atoms with Crippen LogP contribution in [-0.2, 0) is 0 Å². The van der Waals surface area contributed by atoms with Gasteiger partial charge in [-0.15, -0.1) is 12.4 Å². The van der Waals surface area contributed by atoms with Gasteiger partial charge in [-0.05, 0) is 44.0 Å². The number of halogens is 1. The molecular formula is C12H25ClN2S. The zero-order valence-corrected chi connectivity index (χ0v) is 12.1. The first-order valence-corrected chi connectivity index (χ1v) is 7.57. The number of nitrogens with zero attached hydrogens (tertiary/aromatic N) is 1. The lowest BCUT2D eigenvalue weighted by molar-refractivity contribution is 0.174. The summed E-state index contributed by atoms with van der Waals surface area (Å²) in [5.74, 6) is 1.32. The van der Waals surface area contributed by atoms with Gasteiger partial charge in [-0.2, -0.15) is 11.8 Å². The van der Waals surface area contributed by atoms with Crippen LogP contribution in [0.4, 0.5) is 0 Å². The second-order valence-electron chi connectivity index (χ2n) is 5.46. The van der Waals surface area contributed by atoms with Crippen molar-refractivity contribution < 1.29 is 0 Å². The molecule has 0 radical (unpaired) electrons. The number of nitrogens with one attached hydrogen (secondary N) is 1. The lowest BCUT2D eigenvalue weighted by Crippen LogP contribution is -2.41. The van der Waals surface area contributed by atoms with Gasteiger partial charge in [0.1, 0.15) is 0 Å². The molecule has 0 aromatic heterocycles. The molecule has 96 valence electrons. The third kappa shape index (κ3) is 3.52. The zero-order chi connectivity index (χ0) is 10.7. The third-order valence-corrected chi connectivity index (χ3v) is 4.62. The minimum Gasteiger partial charge on any atom is -0.316 e. The van der Waals surface area contributed by atoms with Crippen molar-refractivity contribution in [1.82, 2.24) is 10.2 Å². The molecule has 2 atom stereocenters. The maximum atomic E-state index is 3.50. The molecule has 16 heavy (non-hydrogen) atoms. The first-order chi connectivity index (χ1) is 7.23. The molecule has 0 aromatic rings. The first-order valence-electron chi connectivity index (χ1n) is 6.17. The summed E-state index contributed by atoms with van der Waals surface area (Å²) in [4.78, 5) is 2.74. The van der Waals surface area contributed by atoms with Gasteiger partial charge in [0.2, 0.25) is 0 Å². The van der Waals surface area contributed by atoms with Crippen molar-refractivity contribution in [2.75, 3.05) is 38.2 Å². The minimum absolute atomic E-state index is 0. The lowest BCUT2D eigenvalue weighted by Gasteiger charge is -2.32.